The second kappa shape index (κ2) is 6.23. The summed E-state index contributed by atoms with van der Waals surface area (Å²) >= 11 is 0. The minimum atomic E-state index is 0.0169. The van der Waals surface area contributed by atoms with Crippen LogP contribution < -0.4 is 16.0 Å². The first-order chi connectivity index (χ1) is 9.67. The van der Waals surface area contributed by atoms with Gasteiger partial charge in [0.2, 0.25) is 5.91 Å². The molecule has 3 N–H and O–H groups in total. The molecule has 5 nitrogen and oxygen atoms in total. The first-order valence-corrected chi connectivity index (χ1v) is 6.82. The Labute approximate surface area is 118 Å². The van der Waals surface area contributed by atoms with Crippen LogP contribution in [0.1, 0.15) is 13.8 Å². The van der Waals surface area contributed by atoms with Crippen LogP contribution in [0.5, 0.6) is 0 Å². The SMILES string of the molecule is CCNC(=O)CN(CC)c1ccnc2c(N)cccc12. The molecule has 0 saturated carbocycles. The molecule has 0 fully saturated rings. The number of benzene rings is 1. The molecule has 2 aromatic rings. The average molecular weight is 272 g/mol. The van der Waals surface area contributed by atoms with Gasteiger partial charge in [-0.2, -0.15) is 0 Å². The van der Waals surface area contributed by atoms with Crippen molar-refractivity contribution in [3.8, 4) is 0 Å². The zero-order valence-electron chi connectivity index (χ0n) is 11.9. The van der Waals surface area contributed by atoms with Gasteiger partial charge in [0.05, 0.1) is 17.7 Å². The number of pyridine rings is 1. The van der Waals surface area contributed by atoms with Gasteiger partial charge < -0.3 is 16.0 Å². The number of fused-ring (bicyclic) bond motifs is 1. The quantitative estimate of drug-likeness (QED) is 0.814. The summed E-state index contributed by atoms with van der Waals surface area (Å²) in [4.78, 5) is 18.1. The number of aromatic nitrogens is 1. The number of nitrogen functional groups attached to an aromatic ring is 1. The number of para-hydroxylation sites is 1. The molecule has 1 amide bonds. The van der Waals surface area contributed by atoms with E-state index in [-0.39, 0.29) is 5.91 Å². The number of carbonyl (C=O) groups is 1. The van der Waals surface area contributed by atoms with E-state index >= 15 is 0 Å². The highest BCUT2D eigenvalue weighted by molar-refractivity contribution is 5.99. The maximum Gasteiger partial charge on any atom is 0.239 e. The van der Waals surface area contributed by atoms with Crippen molar-refractivity contribution in [2.45, 2.75) is 13.8 Å². The maximum absolute atomic E-state index is 11.8. The molecule has 0 spiro atoms. The number of carbonyl (C=O) groups excluding carboxylic acids is 1. The van der Waals surface area contributed by atoms with Crippen LogP contribution in [0, 0.1) is 0 Å². The van der Waals surface area contributed by atoms with Gasteiger partial charge in [0, 0.05) is 30.4 Å². The summed E-state index contributed by atoms with van der Waals surface area (Å²) in [6.45, 7) is 5.65. The molecule has 106 valence electrons. The minimum Gasteiger partial charge on any atom is -0.397 e. The fourth-order valence-electron chi connectivity index (χ4n) is 2.25. The number of nitrogens with two attached hydrogens (primary N) is 1. The number of anilines is 2. The van der Waals surface area contributed by atoms with E-state index in [4.69, 9.17) is 5.73 Å². The molecular formula is C15H20N4O. The van der Waals surface area contributed by atoms with Gasteiger partial charge in [-0.15, -0.1) is 0 Å². The van der Waals surface area contributed by atoms with Crippen molar-refractivity contribution in [3.63, 3.8) is 0 Å². The highest BCUT2D eigenvalue weighted by Crippen LogP contribution is 2.28. The molecule has 2 rings (SSSR count). The molecule has 0 unspecified atom stereocenters. The third-order valence-corrected chi connectivity index (χ3v) is 3.21. The van der Waals surface area contributed by atoms with Gasteiger partial charge in [-0.05, 0) is 26.0 Å². The summed E-state index contributed by atoms with van der Waals surface area (Å²) in [5.41, 5.74) is 8.37. The summed E-state index contributed by atoms with van der Waals surface area (Å²) < 4.78 is 0. The molecule has 1 aromatic carbocycles. The van der Waals surface area contributed by atoms with Crippen LogP contribution in [0.2, 0.25) is 0 Å². The Morgan fingerprint density at radius 3 is 2.85 bits per heavy atom. The van der Waals surface area contributed by atoms with Gasteiger partial charge in [-0.1, -0.05) is 12.1 Å². The van der Waals surface area contributed by atoms with Gasteiger partial charge in [0.1, 0.15) is 0 Å². The van der Waals surface area contributed by atoms with Gasteiger partial charge in [-0.3, -0.25) is 9.78 Å². The van der Waals surface area contributed by atoms with Crippen molar-refractivity contribution in [2.75, 3.05) is 30.3 Å². The number of likely N-dealkylation sites (N-methyl/N-ethyl adjacent to an activating group) is 2. The smallest absolute Gasteiger partial charge is 0.239 e. The zero-order chi connectivity index (χ0) is 14.5. The summed E-state index contributed by atoms with van der Waals surface area (Å²) in [6.07, 6.45) is 1.73. The number of nitrogens with one attached hydrogen (secondary N) is 1. The second-order valence-corrected chi connectivity index (χ2v) is 4.54. The number of amides is 1. The Hall–Kier alpha value is -2.30. The summed E-state index contributed by atoms with van der Waals surface area (Å²) in [5.74, 6) is 0.0169. The van der Waals surface area contributed by atoms with Crippen LogP contribution >= 0.6 is 0 Å². The maximum atomic E-state index is 11.8. The Morgan fingerprint density at radius 2 is 2.15 bits per heavy atom. The first kappa shape index (κ1) is 14.1. The highest BCUT2D eigenvalue weighted by atomic mass is 16.2. The third kappa shape index (κ3) is 2.82. The number of hydrogen-bond acceptors (Lipinski definition) is 4. The molecular weight excluding hydrogens is 252 g/mol. The van der Waals surface area contributed by atoms with E-state index < -0.39 is 0 Å². The van der Waals surface area contributed by atoms with Crippen LogP contribution in [0.3, 0.4) is 0 Å². The summed E-state index contributed by atoms with van der Waals surface area (Å²) in [6, 6.07) is 7.64. The molecule has 0 bridgehead atoms. The lowest BCUT2D eigenvalue weighted by Crippen LogP contribution is -2.37. The van der Waals surface area contributed by atoms with Gasteiger partial charge in [0.15, 0.2) is 0 Å². The van der Waals surface area contributed by atoms with Crippen molar-refractivity contribution in [2.24, 2.45) is 0 Å². The average Bonchev–Trinajstić information content (AvgIpc) is 2.45. The van der Waals surface area contributed by atoms with Crippen molar-refractivity contribution >= 4 is 28.2 Å². The van der Waals surface area contributed by atoms with E-state index in [1.807, 2.05) is 43.0 Å². The summed E-state index contributed by atoms with van der Waals surface area (Å²) in [5, 5.41) is 3.79. The van der Waals surface area contributed by atoms with Crippen LogP contribution in [-0.2, 0) is 4.79 Å². The molecule has 0 atom stereocenters. The number of hydrogen-bond donors (Lipinski definition) is 2. The second-order valence-electron chi connectivity index (χ2n) is 4.54. The summed E-state index contributed by atoms with van der Waals surface area (Å²) in [7, 11) is 0. The Kier molecular flexibility index (Phi) is 4.40. The normalized spacial score (nSPS) is 10.5. The highest BCUT2D eigenvalue weighted by Gasteiger charge is 2.13. The van der Waals surface area contributed by atoms with Gasteiger partial charge in [-0.25, -0.2) is 0 Å². The van der Waals surface area contributed by atoms with Crippen molar-refractivity contribution < 1.29 is 4.79 Å². The van der Waals surface area contributed by atoms with Crippen LogP contribution in [0.15, 0.2) is 30.5 Å². The van der Waals surface area contributed by atoms with Crippen molar-refractivity contribution in [1.82, 2.24) is 10.3 Å². The van der Waals surface area contributed by atoms with E-state index in [0.29, 0.717) is 18.8 Å². The molecule has 5 heteroatoms. The van der Waals surface area contributed by atoms with E-state index in [1.54, 1.807) is 6.20 Å². The molecule has 0 aliphatic rings. The third-order valence-electron chi connectivity index (χ3n) is 3.21. The number of nitrogens with zero attached hydrogens (tertiary/aromatic N) is 2. The molecule has 1 heterocycles. The predicted molar refractivity (Wildman–Crippen MR) is 82.7 cm³/mol. The molecule has 0 radical (unpaired) electrons. The minimum absolute atomic E-state index is 0.0169. The molecule has 0 aliphatic heterocycles. The molecule has 20 heavy (non-hydrogen) atoms. The first-order valence-electron chi connectivity index (χ1n) is 6.82. The Morgan fingerprint density at radius 1 is 1.35 bits per heavy atom. The Balaban J connectivity index is 2.39. The van der Waals surface area contributed by atoms with Crippen LogP contribution in [-0.4, -0.2) is 30.5 Å². The van der Waals surface area contributed by atoms with E-state index in [2.05, 4.69) is 10.3 Å². The standard InChI is InChI=1S/C15H20N4O/c1-3-17-14(20)10-19(4-2)13-8-9-18-15-11(13)6-5-7-12(15)16/h5-9H,3-4,10,16H2,1-2H3,(H,17,20). The Bertz CT molecular complexity index is 612. The fourth-order valence-corrected chi connectivity index (χ4v) is 2.25. The predicted octanol–water partition coefficient (Wildman–Crippen LogP) is 1.78. The van der Waals surface area contributed by atoms with E-state index in [0.717, 1.165) is 23.1 Å². The zero-order valence-corrected chi connectivity index (χ0v) is 11.9. The van der Waals surface area contributed by atoms with E-state index in [9.17, 15) is 4.79 Å². The molecule has 0 saturated heterocycles. The lowest BCUT2D eigenvalue weighted by molar-refractivity contribution is -0.119. The van der Waals surface area contributed by atoms with Crippen LogP contribution in [0.25, 0.3) is 10.9 Å². The molecule has 0 aliphatic carbocycles. The lowest BCUT2D eigenvalue weighted by Gasteiger charge is -2.24. The number of rotatable bonds is 5. The van der Waals surface area contributed by atoms with E-state index in [1.165, 1.54) is 0 Å². The lowest BCUT2D eigenvalue weighted by atomic mass is 10.1. The monoisotopic (exact) mass is 272 g/mol. The topological polar surface area (TPSA) is 71.2 Å². The van der Waals surface area contributed by atoms with Crippen molar-refractivity contribution in [1.29, 1.82) is 0 Å². The van der Waals surface area contributed by atoms with Gasteiger partial charge in [0.25, 0.3) is 0 Å². The van der Waals surface area contributed by atoms with Crippen molar-refractivity contribution in [3.05, 3.63) is 30.5 Å². The molecule has 1 aromatic heterocycles. The largest absolute Gasteiger partial charge is 0.397 e. The van der Waals surface area contributed by atoms with Crippen LogP contribution in [0.4, 0.5) is 11.4 Å². The fraction of sp³-hybridized carbons (Fsp3) is 0.333. The van der Waals surface area contributed by atoms with Gasteiger partial charge >= 0.3 is 0 Å².